The lowest BCUT2D eigenvalue weighted by molar-refractivity contribution is -0.131. The summed E-state index contributed by atoms with van der Waals surface area (Å²) in [5.74, 6) is 1.35. The van der Waals surface area contributed by atoms with Gasteiger partial charge in [-0.05, 0) is 42.3 Å². The molecule has 0 aromatic heterocycles. The second-order valence-corrected chi connectivity index (χ2v) is 5.68. The van der Waals surface area contributed by atoms with Gasteiger partial charge in [0.1, 0.15) is 12.4 Å². The molecule has 0 fully saturated rings. The van der Waals surface area contributed by atoms with E-state index in [-0.39, 0.29) is 0 Å². The maximum atomic E-state index is 10.5. The number of rotatable bonds is 10. The number of benzene rings is 2. The monoisotopic (exact) mass is 384 g/mol. The van der Waals surface area contributed by atoms with Crippen LogP contribution in [0.3, 0.4) is 0 Å². The van der Waals surface area contributed by atoms with Crippen LogP contribution in [0.25, 0.3) is 6.08 Å². The minimum atomic E-state index is -1.00. The van der Waals surface area contributed by atoms with Gasteiger partial charge in [0.25, 0.3) is 0 Å². The highest BCUT2D eigenvalue weighted by atomic mass is 16.5. The van der Waals surface area contributed by atoms with Crippen molar-refractivity contribution in [1.29, 1.82) is 0 Å². The van der Waals surface area contributed by atoms with E-state index >= 15 is 0 Å². The number of carboxylic acids is 1. The molecular weight excluding hydrogens is 360 g/mol. The van der Waals surface area contributed by atoms with Gasteiger partial charge in [0, 0.05) is 6.08 Å². The van der Waals surface area contributed by atoms with Crippen LogP contribution in [0.2, 0.25) is 0 Å². The molecule has 2 aromatic rings. The molecule has 28 heavy (non-hydrogen) atoms. The van der Waals surface area contributed by atoms with Gasteiger partial charge in [0.15, 0.2) is 11.5 Å². The van der Waals surface area contributed by atoms with Gasteiger partial charge < -0.3 is 24.1 Å². The SMILES string of the molecule is CCOc1ccc(COc2c(OC)cc(/C=C\C=C\C(=O)O)cc2OC)cc1. The molecule has 1 N–H and O–H groups in total. The zero-order chi connectivity index (χ0) is 20.4. The van der Waals surface area contributed by atoms with Crippen molar-refractivity contribution in [3.8, 4) is 23.0 Å². The highest BCUT2D eigenvalue weighted by molar-refractivity contribution is 5.80. The third-order valence-corrected chi connectivity index (χ3v) is 3.74. The lowest BCUT2D eigenvalue weighted by Crippen LogP contribution is -2.01. The van der Waals surface area contributed by atoms with Crippen LogP contribution in [0, 0.1) is 0 Å². The third-order valence-electron chi connectivity index (χ3n) is 3.74. The number of aliphatic carboxylic acids is 1. The smallest absolute Gasteiger partial charge is 0.328 e. The molecule has 0 aliphatic heterocycles. The number of hydrogen-bond donors (Lipinski definition) is 1. The van der Waals surface area contributed by atoms with Crippen molar-refractivity contribution in [2.24, 2.45) is 0 Å². The highest BCUT2D eigenvalue weighted by Crippen LogP contribution is 2.39. The molecular formula is C22H24O6. The molecule has 0 radical (unpaired) electrons. The molecule has 0 heterocycles. The van der Waals surface area contributed by atoms with Crippen LogP contribution in [0.5, 0.6) is 23.0 Å². The van der Waals surface area contributed by atoms with Gasteiger partial charge in [0.2, 0.25) is 5.75 Å². The van der Waals surface area contributed by atoms with Crippen LogP contribution in [-0.4, -0.2) is 31.9 Å². The second kappa shape index (κ2) is 10.7. The molecule has 0 spiro atoms. The lowest BCUT2D eigenvalue weighted by Gasteiger charge is -2.15. The number of hydrogen-bond acceptors (Lipinski definition) is 5. The quantitative estimate of drug-likeness (QED) is 0.485. The van der Waals surface area contributed by atoms with Crippen molar-refractivity contribution in [2.45, 2.75) is 13.5 Å². The van der Waals surface area contributed by atoms with Crippen LogP contribution >= 0.6 is 0 Å². The van der Waals surface area contributed by atoms with Crippen molar-refractivity contribution in [3.05, 3.63) is 65.8 Å². The fourth-order valence-corrected chi connectivity index (χ4v) is 2.45. The Morgan fingerprint density at radius 2 is 1.64 bits per heavy atom. The van der Waals surface area contributed by atoms with E-state index in [0.29, 0.717) is 30.5 Å². The molecule has 2 rings (SSSR count). The van der Waals surface area contributed by atoms with Gasteiger partial charge in [-0.25, -0.2) is 4.79 Å². The Morgan fingerprint density at radius 1 is 1.00 bits per heavy atom. The average Bonchev–Trinajstić information content (AvgIpc) is 2.70. The summed E-state index contributed by atoms with van der Waals surface area (Å²) < 4.78 is 22.3. The summed E-state index contributed by atoms with van der Waals surface area (Å²) in [6, 6.07) is 11.3. The number of allylic oxidation sites excluding steroid dienone is 2. The highest BCUT2D eigenvalue weighted by Gasteiger charge is 2.14. The summed E-state index contributed by atoms with van der Waals surface area (Å²) in [6.07, 6.45) is 5.88. The number of ether oxygens (including phenoxy) is 4. The summed E-state index contributed by atoms with van der Waals surface area (Å²) >= 11 is 0. The first-order chi connectivity index (χ1) is 13.6. The largest absolute Gasteiger partial charge is 0.494 e. The fraction of sp³-hybridized carbons (Fsp3) is 0.227. The van der Waals surface area contributed by atoms with Crippen LogP contribution < -0.4 is 18.9 Å². The first-order valence-corrected chi connectivity index (χ1v) is 8.75. The minimum absolute atomic E-state index is 0.343. The third kappa shape index (κ3) is 6.09. The van der Waals surface area contributed by atoms with E-state index in [1.165, 1.54) is 6.08 Å². The van der Waals surface area contributed by atoms with Crippen molar-refractivity contribution in [2.75, 3.05) is 20.8 Å². The summed E-state index contributed by atoms with van der Waals surface area (Å²) in [7, 11) is 3.10. The van der Waals surface area contributed by atoms with Gasteiger partial charge in [-0.1, -0.05) is 30.4 Å². The Hall–Kier alpha value is -3.41. The Labute approximate surface area is 164 Å². The molecule has 0 aliphatic carbocycles. The molecule has 0 bridgehead atoms. The van der Waals surface area contributed by atoms with Gasteiger partial charge in [-0.3, -0.25) is 0 Å². The number of methoxy groups -OCH3 is 2. The molecule has 6 heteroatoms. The Morgan fingerprint density at radius 3 is 2.18 bits per heavy atom. The lowest BCUT2D eigenvalue weighted by atomic mass is 10.1. The first-order valence-electron chi connectivity index (χ1n) is 8.75. The molecule has 6 nitrogen and oxygen atoms in total. The molecule has 0 aliphatic rings. The van der Waals surface area contributed by atoms with E-state index < -0.39 is 5.97 Å². The van der Waals surface area contributed by atoms with Crippen molar-refractivity contribution in [1.82, 2.24) is 0 Å². The summed E-state index contributed by atoms with van der Waals surface area (Å²) in [4.78, 5) is 10.5. The molecule has 148 valence electrons. The van der Waals surface area contributed by atoms with E-state index in [1.807, 2.05) is 31.2 Å². The summed E-state index contributed by atoms with van der Waals surface area (Å²) in [6.45, 7) is 2.91. The minimum Gasteiger partial charge on any atom is -0.494 e. The van der Waals surface area contributed by atoms with E-state index in [1.54, 1.807) is 38.5 Å². The van der Waals surface area contributed by atoms with Crippen molar-refractivity contribution < 1.29 is 28.8 Å². The standard InChI is InChI=1S/C22H24O6/c1-4-27-18-11-9-16(10-12-18)15-28-22-19(25-2)13-17(14-20(22)26-3)7-5-6-8-21(23)24/h5-14H,4,15H2,1-3H3,(H,23,24)/b7-5-,8-6+. The van der Waals surface area contributed by atoms with E-state index in [4.69, 9.17) is 24.1 Å². The molecule has 0 atom stereocenters. The Balaban J connectivity index is 2.17. The van der Waals surface area contributed by atoms with Crippen LogP contribution in [0.1, 0.15) is 18.1 Å². The Bertz CT molecular complexity index is 812. The zero-order valence-corrected chi connectivity index (χ0v) is 16.2. The maximum absolute atomic E-state index is 10.5. The van der Waals surface area contributed by atoms with E-state index in [2.05, 4.69) is 0 Å². The predicted molar refractivity (Wildman–Crippen MR) is 107 cm³/mol. The van der Waals surface area contributed by atoms with Gasteiger partial charge in [0.05, 0.1) is 20.8 Å². The van der Waals surface area contributed by atoms with Crippen LogP contribution in [-0.2, 0) is 11.4 Å². The predicted octanol–water partition coefficient (Wildman–Crippen LogP) is 4.34. The van der Waals surface area contributed by atoms with Crippen molar-refractivity contribution >= 4 is 12.0 Å². The molecule has 0 saturated carbocycles. The van der Waals surface area contributed by atoms with Gasteiger partial charge >= 0.3 is 5.97 Å². The van der Waals surface area contributed by atoms with Crippen LogP contribution in [0.4, 0.5) is 0 Å². The fourth-order valence-electron chi connectivity index (χ4n) is 2.45. The number of carboxylic acid groups (broad SMARTS) is 1. The molecule has 0 unspecified atom stereocenters. The van der Waals surface area contributed by atoms with Gasteiger partial charge in [-0.15, -0.1) is 0 Å². The van der Waals surface area contributed by atoms with Crippen LogP contribution in [0.15, 0.2) is 54.6 Å². The van der Waals surface area contributed by atoms with E-state index in [0.717, 1.165) is 23.0 Å². The normalized spacial score (nSPS) is 11.0. The summed E-state index contributed by atoms with van der Waals surface area (Å²) in [5, 5.41) is 8.62. The maximum Gasteiger partial charge on any atom is 0.328 e. The Kier molecular flexibility index (Phi) is 7.96. The van der Waals surface area contributed by atoms with Gasteiger partial charge in [-0.2, -0.15) is 0 Å². The molecule has 0 amide bonds. The molecule has 0 saturated heterocycles. The van der Waals surface area contributed by atoms with E-state index in [9.17, 15) is 4.79 Å². The summed E-state index contributed by atoms with van der Waals surface area (Å²) in [5.41, 5.74) is 1.77. The molecule has 2 aromatic carbocycles. The second-order valence-electron chi connectivity index (χ2n) is 5.68. The zero-order valence-electron chi connectivity index (χ0n) is 16.2. The number of carbonyl (C=O) groups is 1. The average molecular weight is 384 g/mol. The topological polar surface area (TPSA) is 74.2 Å². The van der Waals surface area contributed by atoms with Crippen molar-refractivity contribution in [3.63, 3.8) is 0 Å². The first kappa shape index (κ1) is 20.9.